The molecular weight excluding hydrogens is 375 g/mol. The van der Waals surface area contributed by atoms with Crippen LogP contribution in [0.15, 0.2) is 36.8 Å². The van der Waals surface area contributed by atoms with E-state index in [4.69, 9.17) is 4.74 Å². The molecule has 1 amide bonds. The van der Waals surface area contributed by atoms with Gasteiger partial charge in [-0.3, -0.25) is 14.5 Å². The lowest BCUT2D eigenvalue weighted by Crippen LogP contribution is -2.20. The van der Waals surface area contributed by atoms with E-state index in [0.29, 0.717) is 23.4 Å². The largest absolute Gasteiger partial charge is 0.494 e. The minimum Gasteiger partial charge on any atom is -0.494 e. The van der Waals surface area contributed by atoms with Gasteiger partial charge in [0.15, 0.2) is 0 Å². The maximum absolute atomic E-state index is 13.4. The number of nitrogens with zero attached hydrogens (tertiary/aromatic N) is 3. The molecule has 2 aromatic heterocycles. The highest BCUT2D eigenvalue weighted by molar-refractivity contribution is 6.06. The number of rotatable bonds is 5. The van der Waals surface area contributed by atoms with Crippen LogP contribution in [-0.2, 0) is 0 Å². The summed E-state index contributed by atoms with van der Waals surface area (Å²) in [5, 5.41) is 17.7. The molecule has 2 heterocycles. The van der Waals surface area contributed by atoms with Gasteiger partial charge in [-0.25, -0.2) is 4.39 Å². The lowest BCUT2D eigenvalue weighted by molar-refractivity contribution is 0.102. The molecule has 0 unspecified atom stereocenters. The Balaban J connectivity index is 1.59. The van der Waals surface area contributed by atoms with Gasteiger partial charge in [-0.05, 0) is 43.7 Å². The minimum atomic E-state index is -0.572. The van der Waals surface area contributed by atoms with Gasteiger partial charge in [-0.1, -0.05) is 0 Å². The van der Waals surface area contributed by atoms with Crippen molar-refractivity contribution in [2.75, 3.05) is 19.0 Å². The number of hydrogen-bond donors (Lipinski definition) is 2. The number of carbonyl (C=O) groups excluding carboxylic acids is 1. The zero-order valence-corrected chi connectivity index (χ0v) is 16.1. The van der Waals surface area contributed by atoms with Gasteiger partial charge in [-0.2, -0.15) is 5.10 Å². The summed E-state index contributed by atoms with van der Waals surface area (Å²) in [7, 11) is 1.52. The Morgan fingerprint density at radius 1 is 1.28 bits per heavy atom. The number of hydrogen-bond acceptors (Lipinski definition) is 5. The monoisotopic (exact) mass is 398 g/mol. The lowest BCUT2D eigenvalue weighted by atomic mass is 9.87. The van der Waals surface area contributed by atoms with Crippen molar-refractivity contribution < 1.29 is 19.0 Å². The van der Waals surface area contributed by atoms with Crippen LogP contribution in [0.3, 0.4) is 0 Å². The fraction of sp³-hybridized carbons (Fsp3) is 0.381. The molecule has 2 N–H and O–H groups in total. The molecule has 4 rings (SSSR count). The van der Waals surface area contributed by atoms with E-state index in [1.807, 2.05) is 16.9 Å². The molecule has 3 aromatic rings. The molecule has 1 fully saturated rings. The van der Waals surface area contributed by atoms with Crippen molar-refractivity contribution >= 4 is 22.5 Å². The lowest BCUT2D eigenvalue weighted by Gasteiger charge is -2.27. The van der Waals surface area contributed by atoms with Crippen LogP contribution in [0, 0.1) is 11.7 Å². The summed E-state index contributed by atoms with van der Waals surface area (Å²) in [6.07, 6.45) is 8.26. The molecule has 29 heavy (non-hydrogen) atoms. The van der Waals surface area contributed by atoms with E-state index in [2.05, 4.69) is 15.4 Å². The number of ether oxygens (including phenoxy) is 1. The van der Waals surface area contributed by atoms with E-state index < -0.39 is 11.7 Å². The molecule has 8 heteroatoms. The number of nitrogens with one attached hydrogen (secondary N) is 1. The first-order valence-corrected chi connectivity index (χ1v) is 9.67. The third kappa shape index (κ3) is 4.07. The van der Waals surface area contributed by atoms with Crippen LogP contribution in [0.2, 0.25) is 0 Å². The molecule has 1 aromatic carbocycles. The summed E-state index contributed by atoms with van der Waals surface area (Å²) >= 11 is 0. The highest BCUT2D eigenvalue weighted by atomic mass is 19.1. The zero-order chi connectivity index (χ0) is 20.4. The van der Waals surface area contributed by atoms with Crippen molar-refractivity contribution in [3.05, 3.63) is 48.2 Å². The molecule has 152 valence electrons. The van der Waals surface area contributed by atoms with Crippen molar-refractivity contribution in [2.24, 2.45) is 5.92 Å². The second kappa shape index (κ2) is 8.16. The predicted molar refractivity (Wildman–Crippen MR) is 107 cm³/mol. The van der Waals surface area contributed by atoms with Gasteiger partial charge in [-0.15, -0.1) is 0 Å². The van der Waals surface area contributed by atoms with E-state index >= 15 is 0 Å². The third-order valence-electron chi connectivity index (χ3n) is 5.51. The Bertz CT molecular complexity index is 1030. The topological polar surface area (TPSA) is 89.3 Å². The first-order valence-electron chi connectivity index (χ1n) is 9.67. The number of fused-ring (bicyclic) bond motifs is 1. The van der Waals surface area contributed by atoms with Crippen LogP contribution in [0.4, 0.5) is 10.1 Å². The highest BCUT2D eigenvalue weighted by Crippen LogP contribution is 2.35. The van der Waals surface area contributed by atoms with Crippen LogP contribution in [0.5, 0.6) is 5.75 Å². The van der Waals surface area contributed by atoms with E-state index in [-0.39, 0.29) is 12.2 Å². The number of halogens is 1. The van der Waals surface area contributed by atoms with Gasteiger partial charge < -0.3 is 15.2 Å². The zero-order valence-electron chi connectivity index (χ0n) is 16.1. The first kappa shape index (κ1) is 19.3. The normalized spacial score (nSPS) is 19.3. The Hall–Kier alpha value is -3.00. The molecule has 0 aliphatic heterocycles. The van der Waals surface area contributed by atoms with Crippen LogP contribution in [-0.4, -0.2) is 39.5 Å². The van der Waals surface area contributed by atoms with Crippen molar-refractivity contribution in [3.8, 4) is 5.75 Å². The van der Waals surface area contributed by atoms with E-state index in [9.17, 15) is 14.3 Å². The molecule has 0 radical (unpaired) electrons. The second-order valence-electron chi connectivity index (χ2n) is 7.42. The maximum Gasteiger partial charge on any atom is 0.257 e. The smallest absolute Gasteiger partial charge is 0.257 e. The van der Waals surface area contributed by atoms with Crippen molar-refractivity contribution in [2.45, 2.75) is 31.7 Å². The van der Waals surface area contributed by atoms with Crippen LogP contribution >= 0.6 is 0 Å². The number of amides is 1. The summed E-state index contributed by atoms with van der Waals surface area (Å²) in [4.78, 5) is 16.2. The molecule has 0 spiro atoms. The van der Waals surface area contributed by atoms with Gasteiger partial charge in [0.05, 0.1) is 36.1 Å². The minimum absolute atomic E-state index is 0.128. The number of aliphatic hydroxyl groups is 1. The highest BCUT2D eigenvalue weighted by Gasteiger charge is 2.23. The Labute approximate surface area is 167 Å². The first-order chi connectivity index (χ1) is 14.1. The fourth-order valence-corrected chi connectivity index (χ4v) is 3.85. The third-order valence-corrected chi connectivity index (χ3v) is 5.51. The molecule has 7 nitrogen and oxygen atoms in total. The van der Waals surface area contributed by atoms with Crippen molar-refractivity contribution in [1.82, 2.24) is 14.8 Å². The van der Waals surface area contributed by atoms with Crippen LogP contribution < -0.4 is 10.1 Å². The number of aromatic nitrogens is 3. The van der Waals surface area contributed by atoms with E-state index in [1.165, 1.54) is 13.3 Å². The van der Waals surface area contributed by atoms with Gasteiger partial charge in [0.1, 0.15) is 11.6 Å². The number of pyridine rings is 1. The number of methoxy groups -OCH3 is 1. The van der Waals surface area contributed by atoms with Crippen molar-refractivity contribution in [3.63, 3.8) is 0 Å². The average Bonchev–Trinajstić information content (AvgIpc) is 3.16. The van der Waals surface area contributed by atoms with Gasteiger partial charge in [0.25, 0.3) is 5.91 Å². The molecule has 1 aliphatic carbocycles. The molecule has 0 bridgehead atoms. The van der Waals surface area contributed by atoms with Gasteiger partial charge >= 0.3 is 0 Å². The van der Waals surface area contributed by atoms with E-state index in [0.717, 1.165) is 48.8 Å². The average molecular weight is 398 g/mol. The SMILES string of the molecule is COc1cc2nn([C@H]3CC[C@H](CO)CC3)cc2cc1NC(=O)c1cncc(F)c1. The van der Waals surface area contributed by atoms with Gasteiger partial charge in [0, 0.05) is 30.5 Å². The molecule has 0 saturated heterocycles. The standard InChI is InChI=1S/C21H23FN4O3/c1-29-20-8-18-15(11-26(25-18)17-4-2-13(12-27)3-5-17)7-19(20)24-21(28)14-6-16(22)10-23-9-14/h6-11,13,17,27H,2-5,12H2,1H3,(H,24,28)/t13-,17-. The van der Waals surface area contributed by atoms with Crippen LogP contribution in [0.25, 0.3) is 10.9 Å². The molecule has 0 atom stereocenters. The Kier molecular flexibility index (Phi) is 5.44. The Morgan fingerprint density at radius 3 is 2.76 bits per heavy atom. The number of anilines is 1. The summed E-state index contributed by atoms with van der Waals surface area (Å²) < 4.78 is 20.7. The number of aliphatic hydroxyl groups excluding tert-OH is 1. The maximum atomic E-state index is 13.4. The molecule has 1 saturated carbocycles. The van der Waals surface area contributed by atoms with Gasteiger partial charge in [0.2, 0.25) is 0 Å². The summed E-state index contributed by atoms with van der Waals surface area (Å²) in [6.45, 7) is 0.245. The second-order valence-corrected chi connectivity index (χ2v) is 7.42. The predicted octanol–water partition coefficient (Wildman–Crippen LogP) is 3.55. The molecule has 1 aliphatic rings. The number of benzene rings is 1. The Morgan fingerprint density at radius 2 is 2.07 bits per heavy atom. The summed E-state index contributed by atoms with van der Waals surface area (Å²) in [5.74, 6) is -0.179. The summed E-state index contributed by atoms with van der Waals surface area (Å²) in [5.41, 5.74) is 1.39. The number of carbonyl (C=O) groups is 1. The fourth-order valence-electron chi connectivity index (χ4n) is 3.85. The molecular formula is C21H23FN4O3. The van der Waals surface area contributed by atoms with E-state index in [1.54, 1.807) is 6.07 Å². The summed E-state index contributed by atoms with van der Waals surface area (Å²) in [6, 6.07) is 5.02. The quantitative estimate of drug-likeness (QED) is 0.686. The van der Waals surface area contributed by atoms with Crippen LogP contribution in [0.1, 0.15) is 42.1 Å². The van der Waals surface area contributed by atoms with Crippen molar-refractivity contribution in [1.29, 1.82) is 0 Å².